The van der Waals surface area contributed by atoms with E-state index in [-0.39, 0.29) is 11.5 Å². The van der Waals surface area contributed by atoms with Crippen LogP contribution >= 0.6 is 0 Å². The van der Waals surface area contributed by atoms with Gasteiger partial charge in [0.1, 0.15) is 11.9 Å². The number of methoxy groups -OCH3 is 1. The topological polar surface area (TPSA) is 73.9 Å². The number of nitrogens with zero attached hydrogens (tertiary/aromatic N) is 3. The van der Waals surface area contributed by atoms with Crippen LogP contribution in [0.2, 0.25) is 0 Å². The van der Waals surface area contributed by atoms with Gasteiger partial charge in [-0.2, -0.15) is 4.98 Å². The third-order valence-corrected chi connectivity index (χ3v) is 3.05. The van der Waals surface area contributed by atoms with Crippen LogP contribution in [0.1, 0.15) is 37.9 Å². The molecule has 1 aromatic rings. The maximum Gasteiger partial charge on any atom is 0.223 e. The number of aromatic nitrogens is 3. The number of anilines is 1. The van der Waals surface area contributed by atoms with Crippen LogP contribution in [-0.2, 0) is 10.3 Å². The molecule has 0 amide bonds. The number of hydrogen-bond donors (Lipinski definition) is 1. The van der Waals surface area contributed by atoms with Crippen molar-refractivity contribution in [2.24, 2.45) is 0 Å². The Balaban J connectivity index is 2.32. The summed E-state index contributed by atoms with van der Waals surface area (Å²) in [5.41, 5.74) is 5.22. The molecule has 0 aromatic carbocycles. The molecule has 1 aliphatic carbocycles. The fourth-order valence-electron chi connectivity index (χ4n) is 2.17. The summed E-state index contributed by atoms with van der Waals surface area (Å²) in [6.07, 6.45) is 6.94. The van der Waals surface area contributed by atoms with E-state index >= 15 is 0 Å². The van der Waals surface area contributed by atoms with Gasteiger partial charge in [0.05, 0.1) is 0 Å². The third-order valence-electron chi connectivity index (χ3n) is 3.05. The molecule has 15 heavy (non-hydrogen) atoms. The van der Waals surface area contributed by atoms with Gasteiger partial charge in [-0.25, -0.2) is 9.97 Å². The highest BCUT2D eigenvalue weighted by atomic mass is 16.5. The van der Waals surface area contributed by atoms with Gasteiger partial charge < -0.3 is 10.5 Å². The van der Waals surface area contributed by atoms with Gasteiger partial charge >= 0.3 is 0 Å². The molecule has 5 nitrogen and oxygen atoms in total. The van der Waals surface area contributed by atoms with E-state index in [1.807, 2.05) is 0 Å². The van der Waals surface area contributed by atoms with Crippen molar-refractivity contribution in [2.45, 2.75) is 37.7 Å². The number of hydrogen-bond acceptors (Lipinski definition) is 5. The number of nitrogen functional groups attached to an aromatic ring is 1. The Kier molecular flexibility index (Phi) is 2.81. The molecule has 1 heterocycles. The normalized spacial score (nSPS) is 20.1. The third kappa shape index (κ3) is 1.92. The highest BCUT2D eigenvalue weighted by Gasteiger charge is 2.36. The highest BCUT2D eigenvalue weighted by Crippen LogP contribution is 2.38. The van der Waals surface area contributed by atoms with Gasteiger partial charge in [0.2, 0.25) is 5.95 Å². The molecule has 0 aliphatic heterocycles. The van der Waals surface area contributed by atoms with Gasteiger partial charge in [-0.3, -0.25) is 0 Å². The maximum absolute atomic E-state index is 5.61. The van der Waals surface area contributed by atoms with Crippen molar-refractivity contribution in [1.82, 2.24) is 15.0 Å². The summed E-state index contributed by atoms with van der Waals surface area (Å²) in [6.45, 7) is 0. The summed E-state index contributed by atoms with van der Waals surface area (Å²) in [5.74, 6) is 0.944. The molecular formula is C10H16N4O. The van der Waals surface area contributed by atoms with Crippen molar-refractivity contribution in [3.63, 3.8) is 0 Å². The molecule has 1 aliphatic rings. The van der Waals surface area contributed by atoms with Crippen molar-refractivity contribution in [3.05, 3.63) is 12.2 Å². The van der Waals surface area contributed by atoms with Crippen molar-refractivity contribution < 1.29 is 4.74 Å². The van der Waals surface area contributed by atoms with E-state index in [0.717, 1.165) is 25.7 Å². The van der Waals surface area contributed by atoms with Gasteiger partial charge in [-0.05, 0) is 12.8 Å². The first-order chi connectivity index (χ1) is 7.27. The molecule has 2 rings (SSSR count). The second-order valence-corrected chi connectivity index (χ2v) is 3.93. The largest absolute Gasteiger partial charge is 0.370 e. The Morgan fingerprint density at radius 3 is 2.60 bits per heavy atom. The summed E-state index contributed by atoms with van der Waals surface area (Å²) in [4.78, 5) is 12.1. The van der Waals surface area contributed by atoms with Gasteiger partial charge in [0.25, 0.3) is 0 Å². The van der Waals surface area contributed by atoms with Gasteiger partial charge in [-0.15, -0.1) is 0 Å². The molecule has 82 valence electrons. The Morgan fingerprint density at radius 2 is 2.00 bits per heavy atom. The van der Waals surface area contributed by atoms with E-state index < -0.39 is 0 Å². The Bertz CT molecular complexity index is 336. The Morgan fingerprint density at radius 1 is 1.27 bits per heavy atom. The van der Waals surface area contributed by atoms with Crippen LogP contribution in [0, 0.1) is 0 Å². The molecule has 1 fully saturated rings. The van der Waals surface area contributed by atoms with E-state index in [9.17, 15) is 0 Å². The molecule has 0 saturated heterocycles. The lowest BCUT2D eigenvalue weighted by atomic mass is 9.84. The number of rotatable bonds is 2. The standard InChI is InChI=1S/C10H16N4O/c1-15-10(5-3-2-4-6-10)8-12-7-13-9(11)14-8/h7H,2-6H2,1H3,(H2,11,12,13,14). The average molecular weight is 208 g/mol. The summed E-state index contributed by atoms with van der Waals surface area (Å²) in [6, 6.07) is 0. The quantitative estimate of drug-likeness (QED) is 0.792. The summed E-state index contributed by atoms with van der Waals surface area (Å²) < 4.78 is 5.61. The van der Waals surface area contributed by atoms with Crippen LogP contribution in [0.3, 0.4) is 0 Å². The summed E-state index contributed by atoms with van der Waals surface area (Å²) in [5, 5.41) is 0. The second kappa shape index (κ2) is 4.10. The number of ether oxygens (including phenoxy) is 1. The van der Waals surface area contributed by atoms with E-state index in [2.05, 4.69) is 15.0 Å². The Hall–Kier alpha value is -1.23. The zero-order valence-electron chi connectivity index (χ0n) is 8.94. The van der Waals surface area contributed by atoms with Crippen LogP contribution in [0.4, 0.5) is 5.95 Å². The van der Waals surface area contributed by atoms with Crippen LogP contribution in [0.15, 0.2) is 6.33 Å². The van der Waals surface area contributed by atoms with Crippen LogP contribution < -0.4 is 5.73 Å². The zero-order valence-corrected chi connectivity index (χ0v) is 8.94. The SMILES string of the molecule is COC1(c2ncnc(N)n2)CCCCC1. The predicted molar refractivity (Wildman–Crippen MR) is 56.0 cm³/mol. The van der Waals surface area contributed by atoms with Crippen LogP contribution in [-0.4, -0.2) is 22.1 Å². The zero-order chi connectivity index (χ0) is 10.7. The molecule has 0 radical (unpaired) electrons. The molecule has 0 atom stereocenters. The lowest BCUT2D eigenvalue weighted by molar-refractivity contribution is -0.0515. The van der Waals surface area contributed by atoms with E-state index in [4.69, 9.17) is 10.5 Å². The Labute approximate surface area is 89.1 Å². The van der Waals surface area contributed by atoms with E-state index in [0.29, 0.717) is 5.82 Å². The monoisotopic (exact) mass is 208 g/mol. The molecule has 5 heteroatoms. The first-order valence-electron chi connectivity index (χ1n) is 5.27. The van der Waals surface area contributed by atoms with Gasteiger partial charge in [0, 0.05) is 7.11 Å². The molecule has 0 spiro atoms. The smallest absolute Gasteiger partial charge is 0.223 e. The fraction of sp³-hybridized carbons (Fsp3) is 0.700. The first-order valence-corrected chi connectivity index (χ1v) is 5.27. The number of nitrogens with two attached hydrogens (primary N) is 1. The lowest BCUT2D eigenvalue weighted by Crippen LogP contribution is -2.33. The fourth-order valence-corrected chi connectivity index (χ4v) is 2.17. The minimum atomic E-state index is -0.338. The first kappa shape index (κ1) is 10.3. The second-order valence-electron chi connectivity index (χ2n) is 3.93. The molecule has 0 bridgehead atoms. The minimum Gasteiger partial charge on any atom is -0.370 e. The maximum atomic E-state index is 5.61. The van der Waals surface area contributed by atoms with E-state index in [1.54, 1.807) is 7.11 Å². The van der Waals surface area contributed by atoms with Gasteiger partial charge in [0.15, 0.2) is 5.82 Å². The van der Waals surface area contributed by atoms with Crippen molar-refractivity contribution >= 4 is 5.95 Å². The van der Waals surface area contributed by atoms with Crippen molar-refractivity contribution in [3.8, 4) is 0 Å². The van der Waals surface area contributed by atoms with Crippen LogP contribution in [0.5, 0.6) is 0 Å². The molecular weight excluding hydrogens is 192 g/mol. The minimum absolute atomic E-state index is 0.266. The summed E-state index contributed by atoms with van der Waals surface area (Å²) in [7, 11) is 1.71. The van der Waals surface area contributed by atoms with E-state index in [1.165, 1.54) is 12.7 Å². The molecule has 1 saturated carbocycles. The van der Waals surface area contributed by atoms with Crippen molar-refractivity contribution in [1.29, 1.82) is 0 Å². The lowest BCUT2D eigenvalue weighted by Gasteiger charge is -2.34. The molecule has 0 unspecified atom stereocenters. The van der Waals surface area contributed by atoms with Crippen molar-refractivity contribution in [2.75, 3.05) is 12.8 Å². The summed E-state index contributed by atoms with van der Waals surface area (Å²) >= 11 is 0. The van der Waals surface area contributed by atoms with Gasteiger partial charge in [-0.1, -0.05) is 19.3 Å². The average Bonchev–Trinajstić information content (AvgIpc) is 2.30. The predicted octanol–water partition coefficient (Wildman–Crippen LogP) is 1.26. The van der Waals surface area contributed by atoms with Crippen LogP contribution in [0.25, 0.3) is 0 Å². The molecule has 1 aromatic heterocycles. The highest BCUT2D eigenvalue weighted by molar-refractivity contribution is 5.16. The molecule has 2 N–H and O–H groups in total.